The topological polar surface area (TPSA) is 29.1 Å². The normalized spacial score (nSPS) is 23.6. The van der Waals surface area contributed by atoms with Gasteiger partial charge in [0.15, 0.2) is 0 Å². The molecule has 0 aromatic heterocycles. The molecule has 0 bridgehead atoms. The highest BCUT2D eigenvalue weighted by Gasteiger charge is 2.24. The van der Waals surface area contributed by atoms with Crippen molar-refractivity contribution in [2.24, 2.45) is 5.92 Å². The Bertz CT molecular complexity index is 474. The van der Waals surface area contributed by atoms with Crippen LogP contribution in [0.3, 0.4) is 0 Å². The van der Waals surface area contributed by atoms with E-state index in [4.69, 9.17) is 0 Å². The molecule has 21 heavy (non-hydrogen) atoms. The summed E-state index contributed by atoms with van der Waals surface area (Å²) in [5.41, 5.74) is 2.63. The lowest BCUT2D eigenvalue weighted by molar-refractivity contribution is -0.121. The third kappa shape index (κ3) is 4.77. The van der Waals surface area contributed by atoms with Crippen LogP contribution < -0.4 is 5.32 Å². The van der Waals surface area contributed by atoms with Crippen LogP contribution in [0.1, 0.15) is 50.7 Å². The number of hydrogen-bond acceptors (Lipinski definition) is 2. The summed E-state index contributed by atoms with van der Waals surface area (Å²) in [4.78, 5) is 12.3. The second-order valence-corrected chi connectivity index (χ2v) is 7.59. The zero-order valence-corrected chi connectivity index (χ0v) is 14.2. The summed E-state index contributed by atoms with van der Waals surface area (Å²) in [7, 11) is 0. The molecule has 3 atom stereocenters. The van der Waals surface area contributed by atoms with Crippen LogP contribution in [0.2, 0.25) is 0 Å². The summed E-state index contributed by atoms with van der Waals surface area (Å²) >= 11 is 1.73. The first-order valence-corrected chi connectivity index (χ1v) is 9.09. The fourth-order valence-electron chi connectivity index (χ4n) is 2.89. The molecule has 1 aromatic carbocycles. The molecule has 0 spiro atoms. The van der Waals surface area contributed by atoms with Crippen LogP contribution >= 0.6 is 11.8 Å². The van der Waals surface area contributed by atoms with Gasteiger partial charge in [-0.2, -0.15) is 0 Å². The van der Waals surface area contributed by atoms with Crippen molar-refractivity contribution in [3.05, 3.63) is 35.4 Å². The Labute approximate surface area is 133 Å². The van der Waals surface area contributed by atoms with Gasteiger partial charge in [-0.1, -0.05) is 44.0 Å². The van der Waals surface area contributed by atoms with E-state index < -0.39 is 0 Å². The van der Waals surface area contributed by atoms with Gasteiger partial charge in [-0.25, -0.2) is 0 Å². The van der Waals surface area contributed by atoms with E-state index in [0.717, 1.165) is 12.2 Å². The first-order chi connectivity index (χ1) is 10.1. The van der Waals surface area contributed by atoms with E-state index in [-0.39, 0.29) is 11.2 Å². The van der Waals surface area contributed by atoms with Crippen molar-refractivity contribution in [3.63, 3.8) is 0 Å². The lowest BCUT2D eigenvalue weighted by atomic mass is 9.86. The maximum atomic E-state index is 12.3. The molecule has 2 nitrogen and oxygen atoms in total. The maximum Gasteiger partial charge on any atom is 0.233 e. The Morgan fingerprint density at radius 2 is 2.05 bits per heavy atom. The second kappa shape index (κ2) is 7.88. The van der Waals surface area contributed by atoms with Gasteiger partial charge < -0.3 is 5.32 Å². The van der Waals surface area contributed by atoms with Crippen molar-refractivity contribution in [2.75, 3.05) is 0 Å². The quantitative estimate of drug-likeness (QED) is 0.878. The summed E-state index contributed by atoms with van der Waals surface area (Å²) < 4.78 is 0. The minimum atomic E-state index is 0.0127. The predicted molar refractivity (Wildman–Crippen MR) is 91.5 cm³/mol. The van der Waals surface area contributed by atoms with Gasteiger partial charge in [0.25, 0.3) is 0 Å². The molecule has 1 aliphatic rings. The Balaban J connectivity index is 1.81. The van der Waals surface area contributed by atoms with Gasteiger partial charge in [0.2, 0.25) is 5.91 Å². The third-order valence-electron chi connectivity index (χ3n) is 4.56. The van der Waals surface area contributed by atoms with Gasteiger partial charge in [-0.15, -0.1) is 11.8 Å². The number of nitrogens with one attached hydrogen (secondary N) is 1. The number of amides is 1. The average molecular weight is 305 g/mol. The summed E-state index contributed by atoms with van der Waals surface area (Å²) in [5.74, 6) is 1.73. The fourth-order valence-corrected chi connectivity index (χ4v) is 3.87. The van der Waals surface area contributed by atoms with Gasteiger partial charge in [0, 0.05) is 11.8 Å². The lowest BCUT2D eigenvalue weighted by Crippen LogP contribution is -2.44. The second-order valence-electron chi connectivity index (χ2n) is 6.26. The number of thioether (sulfide) groups is 1. The molecule has 1 fully saturated rings. The van der Waals surface area contributed by atoms with Crippen LogP contribution in [0.25, 0.3) is 0 Å². The average Bonchev–Trinajstić information content (AvgIpc) is 2.48. The van der Waals surface area contributed by atoms with E-state index in [1.165, 1.54) is 30.4 Å². The maximum absolute atomic E-state index is 12.3. The molecule has 0 heterocycles. The van der Waals surface area contributed by atoms with Crippen LogP contribution in [0, 0.1) is 12.8 Å². The van der Waals surface area contributed by atoms with Crippen molar-refractivity contribution in [1.29, 1.82) is 0 Å². The number of carbonyl (C=O) groups excluding carboxylic acids is 1. The van der Waals surface area contributed by atoms with Gasteiger partial charge in [0.1, 0.15) is 0 Å². The minimum Gasteiger partial charge on any atom is -0.352 e. The molecule has 1 aromatic rings. The molecular formula is C18H27NOS. The standard InChI is InChI=1S/C18H27NOS/c1-13-8-4-6-10-16(13)12-21-15(3)18(20)19-17-11-7-5-9-14(17)2/h4,6,8,10,14-15,17H,5,7,9,11-12H2,1-3H3,(H,19,20). The van der Waals surface area contributed by atoms with E-state index in [0.29, 0.717) is 12.0 Å². The summed E-state index contributed by atoms with van der Waals surface area (Å²) in [6, 6.07) is 8.79. The number of rotatable bonds is 5. The molecule has 0 saturated heterocycles. The van der Waals surface area contributed by atoms with E-state index in [1.807, 2.05) is 6.92 Å². The predicted octanol–water partition coefficient (Wildman–Crippen LogP) is 4.31. The Kier molecular flexibility index (Phi) is 6.16. The zero-order chi connectivity index (χ0) is 15.2. The molecule has 116 valence electrons. The van der Waals surface area contributed by atoms with E-state index in [9.17, 15) is 4.79 Å². The molecule has 1 saturated carbocycles. The Morgan fingerprint density at radius 1 is 1.33 bits per heavy atom. The molecule has 3 unspecified atom stereocenters. The smallest absolute Gasteiger partial charge is 0.233 e. The highest BCUT2D eigenvalue weighted by Crippen LogP contribution is 2.25. The van der Waals surface area contributed by atoms with Crippen LogP contribution in [0.4, 0.5) is 0 Å². The van der Waals surface area contributed by atoms with Crippen molar-refractivity contribution in [1.82, 2.24) is 5.32 Å². The Hall–Kier alpha value is -0.960. The van der Waals surface area contributed by atoms with Crippen molar-refractivity contribution < 1.29 is 4.79 Å². The molecule has 3 heteroatoms. The molecule has 1 amide bonds. The molecule has 2 rings (SSSR count). The van der Waals surface area contributed by atoms with Gasteiger partial charge in [-0.3, -0.25) is 4.79 Å². The van der Waals surface area contributed by atoms with E-state index in [2.05, 4.69) is 43.4 Å². The molecule has 1 aliphatic carbocycles. The highest BCUT2D eigenvalue weighted by atomic mass is 32.2. The van der Waals surface area contributed by atoms with E-state index >= 15 is 0 Å². The SMILES string of the molecule is Cc1ccccc1CSC(C)C(=O)NC1CCCCC1C. The summed E-state index contributed by atoms with van der Waals surface area (Å²) in [5, 5.41) is 3.27. The lowest BCUT2D eigenvalue weighted by Gasteiger charge is -2.30. The largest absolute Gasteiger partial charge is 0.352 e. The van der Waals surface area contributed by atoms with Crippen molar-refractivity contribution in [3.8, 4) is 0 Å². The molecule has 0 radical (unpaired) electrons. The highest BCUT2D eigenvalue weighted by molar-refractivity contribution is 7.99. The molecular weight excluding hydrogens is 278 g/mol. The van der Waals surface area contributed by atoms with Crippen LogP contribution in [0.5, 0.6) is 0 Å². The number of carbonyl (C=O) groups is 1. The van der Waals surface area contributed by atoms with E-state index in [1.54, 1.807) is 11.8 Å². The van der Waals surface area contributed by atoms with Crippen molar-refractivity contribution in [2.45, 2.75) is 63.5 Å². The number of benzene rings is 1. The van der Waals surface area contributed by atoms with Gasteiger partial charge >= 0.3 is 0 Å². The fraction of sp³-hybridized carbons (Fsp3) is 0.611. The zero-order valence-electron chi connectivity index (χ0n) is 13.4. The molecule has 0 aliphatic heterocycles. The van der Waals surface area contributed by atoms with Crippen LogP contribution in [-0.4, -0.2) is 17.2 Å². The first-order valence-electron chi connectivity index (χ1n) is 8.04. The van der Waals surface area contributed by atoms with Gasteiger partial charge in [-0.05, 0) is 43.7 Å². The first kappa shape index (κ1) is 16.4. The number of hydrogen-bond donors (Lipinski definition) is 1. The molecule has 1 N–H and O–H groups in total. The monoisotopic (exact) mass is 305 g/mol. The van der Waals surface area contributed by atoms with Gasteiger partial charge in [0.05, 0.1) is 5.25 Å². The summed E-state index contributed by atoms with van der Waals surface area (Å²) in [6.07, 6.45) is 4.95. The van der Waals surface area contributed by atoms with Crippen LogP contribution in [0.15, 0.2) is 24.3 Å². The Morgan fingerprint density at radius 3 is 2.76 bits per heavy atom. The van der Waals surface area contributed by atoms with Crippen LogP contribution in [-0.2, 0) is 10.5 Å². The van der Waals surface area contributed by atoms with Crippen molar-refractivity contribution >= 4 is 17.7 Å². The summed E-state index contributed by atoms with van der Waals surface area (Å²) in [6.45, 7) is 6.41. The number of aryl methyl sites for hydroxylation is 1. The third-order valence-corrected chi connectivity index (χ3v) is 5.75. The minimum absolute atomic E-state index is 0.0127.